The Bertz CT molecular complexity index is 1070. The van der Waals surface area contributed by atoms with Crippen LogP contribution in [-0.2, 0) is 5.41 Å². The minimum absolute atomic E-state index is 0.0622. The highest BCUT2D eigenvalue weighted by molar-refractivity contribution is 6.30. The molecule has 5 nitrogen and oxygen atoms in total. The zero-order valence-corrected chi connectivity index (χ0v) is 18.0. The van der Waals surface area contributed by atoms with Gasteiger partial charge < -0.3 is 15.0 Å². The van der Waals surface area contributed by atoms with Crippen molar-refractivity contribution in [3.05, 3.63) is 76.9 Å². The maximum Gasteiger partial charge on any atom is 0.259 e. The van der Waals surface area contributed by atoms with Gasteiger partial charge in [-0.25, -0.2) is 4.98 Å². The van der Waals surface area contributed by atoms with Gasteiger partial charge in [-0.3, -0.25) is 4.79 Å². The van der Waals surface area contributed by atoms with Crippen LogP contribution in [0.4, 0.5) is 17.2 Å². The Morgan fingerprint density at radius 3 is 2.60 bits per heavy atom. The second-order valence-electron chi connectivity index (χ2n) is 8.27. The molecule has 0 aliphatic carbocycles. The number of nitrogens with zero attached hydrogens (tertiary/aromatic N) is 2. The summed E-state index contributed by atoms with van der Waals surface area (Å²) >= 11 is 6.14. The molecule has 0 fully saturated rings. The Morgan fingerprint density at radius 1 is 1.13 bits per heavy atom. The molecule has 30 heavy (non-hydrogen) atoms. The molecule has 2 heterocycles. The molecule has 0 bridgehead atoms. The van der Waals surface area contributed by atoms with Gasteiger partial charge in [0.25, 0.3) is 5.91 Å². The number of anilines is 3. The summed E-state index contributed by atoms with van der Waals surface area (Å²) in [5, 5.41) is 3.59. The average molecular weight is 422 g/mol. The Balaban J connectivity index is 1.61. The van der Waals surface area contributed by atoms with E-state index in [4.69, 9.17) is 16.3 Å². The van der Waals surface area contributed by atoms with Crippen molar-refractivity contribution < 1.29 is 9.53 Å². The smallest absolute Gasteiger partial charge is 0.259 e. The summed E-state index contributed by atoms with van der Waals surface area (Å²) < 4.78 is 5.90. The highest BCUT2D eigenvalue weighted by Gasteiger charge is 2.25. The molecule has 2 aromatic carbocycles. The van der Waals surface area contributed by atoms with E-state index in [1.54, 1.807) is 24.4 Å². The van der Waals surface area contributed by atoms with Gasteiger partial charge in [0.05, 0.1) is 17.8 Å². The van der Waals surface area contributed by atoms with E-state index >= 15 is 0 Å². The molecular weight excluding hydrogens is 398 g/mol. The van der Waals surface area contributed by atoms with Crippen LogP contribution in [0.25, 0.3) is 0 Å². The largest absolute Gasteiger partial charge is 0.489 e. The maximum absolute atomic E-state index is 13.0. The molecule has 0 saturated carbocycles. The predicted octanol–water partition coefficient (Wildman–Crippen LogP) is 5.82. The summed E-state index contributed by atoms with van der Waals surface area (Å²) in [7, 11) is 0. The van der Waals surface area contributed by atoms with Gasteiger partial charge in [-0.05, 0) is 47.4 Å². The number of ether oxygens (including phenoxy) is 1. The van der Waals surface area contributed by atoms with Crippen LogP contribution in [0.1, 0.15) is 36.7 Å². The number of carbonyl (C=O) groups excluding carboxylic acids is 1. The summed E-state index contributed by atoms with van der Waals surface area (Å²) in [6.07, 6.45) is 1.67. The molecule has 1 N–H and O–H groups in total. The molecule has 0 spiro atoms. The fraction of sp³-hybridized carbons (Fsp3) is 0.250. The monoisotopic (exact) mass is 421 g/mol. The van der Waals surface area contributed by atoms with Gasteiger partial charge in [0.15, 0.2) is 5.75 Å². The van der Waals surface area contributed by atoms with Crippen LogP contribution in [-0.4, -0.2) is 24.0 Å². The van der Waals surface area contributed by atoms with Gasteiger partial charge in [-0.1, -0.05) is 50.6 Å². The predicted molar refractivity (Wildman–Crippen MR) is 121 cm³/mol. The van der Waals surface area contributed by atoms with Crippen molar-refractivity contribution in [1.29, 1.82) is 0 Å². The van der Waals surface area contributed by atoms with Crippen molar-refractivity contribution in [3.8, 4) is 5.75 Å². The molecule has 1 aliphatic heterocycles. The van der Waals surface area contributed by atoms with Crippen molar-refractivity contribution >= 4 is 34.7 Å². The summed E-state index contributed by atoms with van der Waals surface area (Å²) in [5.74, 6) is 1.06. The van der Waals surface area contributed by atoms with E-state index in [-0.39, 0.29) is 11.3 Å². The topological polar surface area (TPSA) is 54.5 Å². The number of rotatable bonds is 3. The van der Waals surface area contributed by atoms with Crippen molar-refractivity contribution in [1.82, 2.24) is 4.98 Å². The molecule has 0 saturated heterocycles. The Morgan fingerprint density at radius 2 is 1.90 bits per heavy atom. The second kappa shape index (κ2) is 8.00. The molecule has 0 radical (unpaired) electrons. The molecule has 1 aliphatic rings. The Labute approximate surface area is 181 Å². The first-order valence-corrected chi connectivity index (χ1v) is 10.3. The summed E-state index contributed by atoms with van der Waals surface area (Å²) in [5.41, 5.74) is 3.30. The lowest BCUT2D eigenvalue weighted by Crippen LogP contribution is -2.30. The van der Waals surface area contributed by atoms with Crippen molar-refractivity contribution in [2.24, 2.45) is 0 Å². The molecule has 4 rings (SSSR count). The van der Waals surface area contributed by atoms with Crippen molar-refractivity contribution in [3.63, 3.8) is 0 Å². The lowest BCUT2D eigenvalue weighted by atomic mass is 9.87. The van der Waals surface area contributed by atoms with Gasteiger partial charge in [-0.2, -0.15) is 0 Å². The van der Waals surface area contributed by atoms with Crippen molar-refractivity contribution in [2.45, 2.75) is 26.2 Å². The first-order valence-electron chi connectivity index (χ1n) is 9.90. The van der Waals surface area contributed by atoms with Crippen molar-refractivity contribution in [2.75, 3.05) is 23.4 Å². The van der Waals surface area contributed by atoms with Gasteiger partial charge in [0.1, 0.15) is 12.4 Å². The number of amides is 1. The van der Waals surface area contributed by atoms with Crippen LogP contribution in [0, 0.1) is 0 Å². The van der Waals surface area contributed by atoms with Gasteiger partial charge in [0, 0.05) is 16.9 Å². The van der Waals surface area contributed by atoms with Crippen LogP contribution in [0.2, 0.25) is 5.02 Å². The van der Waals surface area contributed by atoms with E-state index in [0.29, 0.717) is 29.5 Å². The zero-order chi connectivity index (χ0) is 21.3. The van der Waals surface area contributed by atoms with E-state index in [1.807, 2.05) is 41.3 Å². The fourth-order valence-corrected chi connectivity index (χ4v) is 3.61. The summed E-state index contributed by atoms with van der Waals surface area (Å²) in [4.78, 5) is 19.5. The molecule has 1 aromatic heterocycles. The number of para-hydroxylation sites is 1. The third kappa shape index (κ3) is 4.12. The quantitative estimate of drug-likeness (QED) is 0.579. The number of hydrogen-bond donors (Lipinski definition) is 1. The minimum Gasteiger partial charge on any atom is -0.489 e. The molecule has 3 aromatic rings. The molecule has 0 atom stereocenters. The SMILES string of the molecule is CC(C)(C)c1ccc(NC(=O)c2cccc3c2OCCN3c2cc(Cl)ccn2)cc1. The molecule has 6 heteroatoms. The first kappa shape index (κ1) is 20.2. The molecular formula is C24H24ClN3O2. The number of carbonyl (C=O) groups is 1. The lowest BCUT2D eigenvalue weighted by molar-refractivity contribution is 0.102. The van der Waals surface area contributed by atoms with E-state index in [1.165, 1.54) is 5.56 Å². The normalized spacial score (nSPS) is 13.4. The highest BCUT2D eigenvalue weighted by Crippen LogP contribution is 2.39. The maximum atomic E-state index is 13.0. The molecule has 154 valence electrons. The number of aromatic nitrogens is 1. The van der Waals surface area contributed by atoms with Crippen LogP contribution >= 0.6 is 11.6 Å². The third-order valence-electron chi connectivity index (χ3n) is 5.08. The Hall–Kier alpha value is -3.05. The van der Waals surface area contributed by atoms with E-state index in [0.717, 1.165) is 17.2 Å². The van der Waals surface area contributed by atoms with Gasteiger partial charge >= 0.3 is 0 Å². The summed E-state index contributed by atoms with van der Waals surface area (Å²) in [6.45, 7) is 7.56. The van der Waals surface area contributed by atoms with Gasteiger partial charge in [0.2, 0.25) is 0 Å². The van der Waals surface area contributed by atoms with Crippen LogP contribution < -0.4 is 15.0 Å². The standard InChI is InChI=1S/C24H24ClN3O2/c1-24(2,3)16-7-9-18(10-8-16)27-23(29)19-5-4-6-20-22(19)30-14-13-28(20)21-15-17(25)11-12-26-21/h4-12,15H,13-14H2,1-3H3,(H,27,29). The Kier molecular flexibility index (Phi) is 5.39. The average Bonchev–Trinajstić information content (AvgIpc) is 2.72. The highest BCUT2D eigenvalue weighted by atomic mass is 35.5. The number of fused-ring (bicyclic) bond motifs is 1. The fourth-order valence-electron chi connectivity index (χ4n) is 3.46. The number of benzene rings is 2. The number of nitrogens with one attached hydrogen (secondary N) is 1. The van der Waals surface area contributed by atoms with Crippen LogP contribution in [0.3, 0.4) is 0 Å². The molecule has 0 unspecified atom stereocenters. The van der Waals surface area contributed by atoms with Crippen LogP contribution in [0.15, 0.2) is 60.8 Å². The summed E-state index contributed by atoms with van der Waals surface area (Å²) in [6, 6.07) is 17.0. The number of hydrogen-bond acceptors (Lipinski definition) is 4. The first-order chi connectivity index (χ1) is 14.3. The van der Waals surface area contributed by atoms with E-state index < -0.39 is 0 Å². The molecule has 1 amide bonds. The zero-order valence-electron chi connectivity index (χ0n) is 17.3. The van der Waals surface area contributed by atoms with Crippen LogP contribution in [0.5, 0.6) is 5.75 Å². The lowest BCUT2D eigenvalue weighted by Gasteiger charge is -2.31. The minimum atomic E-state index is -0.212. The van der Waals surface area contributed by atoms with Gasteiger partial charge in [-0.15, -0.1) is 0 Å². The van der Waals surface area contributed by atoms with E-state index in [2.05, 4.69) is 31.1 Å². The van der Waals surface area contributed by atoms with E-state index in [9.17, 15) is 4.79 Å². The number of pyridine rings is 1. The number of halogens is 1. The second-order valence-corrected chi connectivity index (χ2v) is 8.70. The third-order valence-corrected chi connectivity index (χ3v) is 5.32.